The first-order valence-electron chi connectivity index (χ1n) is 4.96. The van der Waals surface area contributed by atoms with E-state index in [-0.39, 0.29) is 6.42 Å². The summed E-state index contributed by atoms with van der Waals surface area (Å²) in [5.41, 5.74) is 6.67. The van der Waals surface area contributed by atoms with Crippen LogP contribution >= 0.6 is 27.5 Å². The van der Waals surface area contributed by atoms with Crippen LogP contribution in [0.3, 0.4) is 0 Å². The Morgan fingerprint density at radius 3 is 2.82 bits per heavy atom. The molecule has 6 heteroatoms. The number of nitrogens with two attached hydrogens (primary N) is 1. The Labute approximate surface area is 113 Å². The van der Waals surface area contributed by atoms with E-state index in [1.165, 1.54) is 7.11 Å². The van der Waals surface area contributed by atoms with Gasteiger partial charge in [0.05, 0.1) is 11.6 Å². The van der Waals surface area contributed by atoms with Crippen molar-refractivity contribution in [1.29, 1.82) is 0 Å². The maximum absolute atomic E-state index is 10.5. The Hall–Kier alpha value is -0.780. The second kappa shape index (κ2) is 6.23. The van der Waals surface area contributed by atoms with Gasteiger partial charge in [-0.05, 0) is 40.0 Å². The molecule has 0 fully saturated rings. The van der Waals surface area contributed by atoms with Crippen LogP contribution in [0.4, 0.5) is 0 Å². The molecule has 0 aromatic heterocycles. The maximum Gasteiger partial charge on any atom is 0.303 e. The zero-order chi connectivity index (χ0) is 13.0. The third-order valence-electron chi connectivity index (χ3n) is 2.32. The number of benzene rings is 1. The van der Waals surface area contributed by atoms with Crippen LogP contribution < -0.4 is 10.5 Å². The molecule has 0 saturated carbocycles. The van der Waals surface area contributed by atoms with Crippen molar-refractivity contribution in [2.75, 3.05) is 7.11 Å². The third-order valence-corrected chi connectivity index (χ3v) is 3.39. The minimum Gasteiger partial charge on any atom is -0.496 e. The number of halogens is 2. The van der Waals surface area contributed by atoms with Crippen molar-refractivity contribution in [3.63, 3.8) is 0 Å². The fraction of sp³-hybridized carbons (Fsp3) is 0.364. The van der Waals surface area contributed by atoms with E-state index in [9.17, 15) is 4.79 Å². The van der Waals surface area contributed by atoms with Crippen LogP contribution in [0, 0.1) is 0 Å². The average molecular weight is 323 g/mol. The lowest BCUT2D eigenvalue weighted by Gasteiger charge is -2.15. The molecule has 3 N–H and O–H groups in total. The largest absolute Gasteiger partial charge is 0.496 e. The number of rotatable bonds is 5. The van der Waals surface area contributed by atoms with Crippen molar-refractivity contribution >= 4 is 33.5 Å². The van der Waals surface area contributed by atoms with Gasteiger partial charge >= 0.3 is 5.97 Å². The predicted molar refractivity (Wildman–Crippen MR) is 69.5 cm³/mol. The Bertz CT molecular complexity index is 425. The van der Waals surface area contributed by atoms with Gasteiger partial charge in [-0.2, -0.15) is 0 Å². The van der Waals surface area contributed by atoms with E-state index in [0.29, 0.717) is 21.7 Å². The van der Waals surface area contributed by atoms with Crippen molar-refractivity contribution in [2.24, 2.45) is 5.73 Å². The summed E-state index contributed by atoms with van der Waals surface area (Å²) in [7, 11) is 1.53. The van der Waals surface area contributed by atoms with E-state index in [1.807, 2.05) is 0 Å². The summed E-state index contributed by atoms with van der Waals surface area (Å²) in [6.45, 7) is 0. The van der Waals surface area contributed by atoms with Gasteiger partial charge in [0.2, 0.25) is 0 Å². The van der Waals surface area contributed by atoms with Gasteiger partial charge in [-0.1, -0.05) is 11.6 Å². The van der Waals surface area contributed by atoms with E-state index in [0.717, 1.165) is 5.56 Å². The Morgan fingerprint density at radius 2 is 2.29 bits per heavy atom. The summed E-state index contributed by atoms with van der Waals surface area (Å²) in [5, 5.41) is 9.12. The van der Waals surface area contributed by atoms with Gasteiger partial charge in [0, 0.05) is 17.5 Å². The van der Waals surface area contributed by atoms with Gasteiger partial charge in [0.25, 0.3) is 0 Å². The lowest BCUT2D eigenvalue weighted by atomic mass is 10.0. The van der Waals surface area contributed by atoms with E-state index in [2.05, 4.69) is 15.9 Å². The van der Waals surface area contributed by atoms with Crippen LogP contribution in [-0.4, -0.2) is 18.2 Å². The quantitative estimate of drug-likeness (QED) is 0.874. The van der Waals surface area contributed by atoms with Crippen LogP contribution in [-0.2, 0) is 4.79 Å². The molecule has 94 valence electrons. The monoisotopic (exact) mass is 321 g/mol. The highest BCUT2D eigenvalue weighted by Crippen LogP contribution is 2.35. The normalized spacial score (nSPS) is 12.2. The summed E-state index contributed by atoms with van der Waals surface area (Å²) in [4.78, 5) is 10.5. The molecule has 0 amide bonds. The molecule has 0 spiro atoms. The molecule has 1 rings (SSSR count). The molecular weight excluding hydrogens is 309 g/mol. The lowest BCUT2D eigenvalue weighted by Crippen LogP contribution is -2.13. The van der Waals surface area contributed by atoms with E-state index >= 15 is 0 Å². The third kappa shape index (κ3) is 3.87. The first kappa shape index (κ1) is 14.3. The number of hydrogen-bond donors (Lipinski definition) is 2. The molecule has 0 bridgehead atoms. The van der Waals surface area contributed by atoms with E-state index in [1.54, 1.807) is 12.1 Å². The number of methoxy groups -OCH3 is 1. The molecule has 1 unspecified atom stereocenters. The number of hydrogen-bond acceptors (Lipinski definition) is 3. The van der Waals surface area contributed by atoms with Crippen LogP contribution in [0.25, 0.3) is 0 Å². The minimum absolute atomic E-state index is 0.0163. The minimum atomic E-state index is -0.870. The van der Waals surface area contributed by atoms with Crippen LogP contribution in [0.15, 0.2) is 16.6 Å². The van der Waals surface area contributed by atoms with Crippen molar-refractivity contribution in [3.05, 3.63) is 27.2 Å². The molecule has 1 aromatic rings. The number of carboxylic acids is 1. The van der Waals surface area contributed by atoms with Gasteiger partial charge in [-0.3, -0.25) is 4.79 Å². The van der Waals surface area contributed by atoms with Crippen molar-refractivity contribution in [3.8, 4) is 5.75 Å². The topological polar surface area (TPSA) is 72.5 Å². The number of ether oxygens (including phenoxy) is 1. The maximum atomic E-state index is 10.5. The first-order valence-corrected chi connectivity index (χ1v) is 6.13. The average Bonchev–Trinajstić information content (AvgIpc) is 2.28. The van der Waals surface area contributed by atoms with Gasteiger partial charge in [0.1, 0.15) is 5.75 Å². The van der Waals surface area contributed by atoms with Crippen molar-refractivity contribution in [1.82, 2.24) is 0 Å². The molecule has 0 aliphatic carbocycles. The molecule has 0 heterocycles. The lowest BCUT2D eigenvalue weighted by molar-refractivity contribution is -0.137. The SMILES string of the molecule is COc1cc(Cl)cc(C(N)CCC(=O)O)c1Br. The smallest absolute Gasteiger partial charge is 0.303 e. The molecule has 1 atom stereocenters. The van der Waals surface area contributed by atoms with Gasteiger partial charge in [-0.25, -0.2) is 0 Å². The summed E-state index contributed by atoms with van der Waals surface area (Å²) in [5.74, 6) is -0.288. The summed E-state index contributed by atoms with van der Waals surface area (Å²) in [6, 6.07) is 2.98. The van der Waals surface area contributed by atoms with E-state index in [4.69, 9.17) is 27.2 Å². The predicted octanol–water partition coefficient (Wildman–Crippen LogP) is 2.98. The van der Waals surface area contributed by atoms with Gasteiger partial charge < -0.3 is 15.6 Å². The fourth-order valence-electron chi connectivity index (χ4n) is 1.44. The molecule has 17 heavy (non-hydrogen) atoms. The molecule has 1 aromatic carbocycles. The molecule has 0 saturated heterocycles. The van der Waals surface area contributed by atoms with Crippen LogP contribution in [0.1, 0.15) is 24.4 Å². The molecule has 0 aliphatic rings. The van der Waals surface area contributed by atoms with Crippen LogP contribution in [0.5, 0.6) is 5.75 Å². The number of carboxylic acid groups (broad SMARTS) is 1. The molecule has 0 aliphatic heterocycles. The highest BCUT2D eigenvalue weighted by Gasteiger charge is 2.15. The summed E-state index contributed by atoms with van der Waals surface area (Å²) < 4.78 is 5.85. The standard InChI is InChI=1S/C11H13BrClNO3/c1-17-9-5-6(13)4-7(11(9)12)8(14)2-3-10(15)16/h4-5,8H,2-3,14H2,1H3,(H,15,16). The second-order valence-corrected chi connectivity index (χ2v) is 4.78. The zero-order valence-corrected chi connectivity index (χ0v) is 11.6. The first-order chi connectivity index (χ1) is 7.95. The zero-order valence-electron chi connectivity index (χ0n) is 9.24. The Morgan fingerprint density at radius 1 is 1.65 bits per heavy atom. The van der Waals surface area contributed by atoms with Gasteiger partial charge in [-0.15, -0.1) is 0 Å². The van der Waals surface area contributed by atoms with Crippen LogP contribution in [0.2, 0.25) is 5.02 Å². The second-order valence-electron chi connectivity index (χ2n) is 3.55. The highest BCUT2D eigenvalue weighted by atomic mass is 79.9. The van der Waals surface area contributed by atoms with Gasteiger partial charge in [0.15, 0.2) is 0 Å². The number of carbonyl (C=O) groups is 1. The molecule has 0 radical (unpaired) electrons. The van der Waals surface area contributed by atoms with Crippen molar-refractivity contribution in [2.45, 2.75) is 18.9 Å². The Balaban J connectivity index is 2.96. The Kier molecular flexibility index (Phi) is 5.24. The highest BCUT2D eigenvalue weighted by molar-refractivity contribution is 9.10. The number of aliphatic carboxylic acids is 1. The molecule has 4 nitrogen and oxygen atoms in total. The molecular formula is C11H13BrClNO3. The van der Waals surface area contributed by atoms with Crippen molar-refractivity contribution < 1.29 is 14.6 Å². The van der Waals surface area contributed by atoms with E-state index < -0.39 is 12.0 Å². The summed E-state index contributed by atoms with van der Waals surface area (Å²) >= 11 is 9.31. The fourth-order valence-corrected chi connectivity index (χ4v) is 2.34. The summed E-state index contributed by atoms with van der Waals surface area (Å²) in [6.07, 6.45) is 0.361.